The molecule has 1 heterocycles. The van der Waals surface area contributed by atoms with Gasteiger partial charge in [-0.2, -0.15) is 0 Å². The molecule has 0 unspecified atom stereocenters. The second-order valence-corrected chi connectivity index (χ2v) is 3.85. The van der Waals surface area contributed by atoms with Crippen molar-refractivity contribution in [1.29, 1.82) is 0 Å². The van der Waals surface area contributed by atoms with Crippen molar-refractivity contribution in [2.75, 3.05) is 6.54 Å². The fraction of sp³-hybridized carbons (Fsp3) is 0.455. The first-order valence-electron chi connectivity index (χ1n) is 4.47. The van der Waals surface area contributed by atoms with E-state index in [-0.39, 0.29) is 5.54 Å². The predicted octanol–water partition coefficient (Wildman–Crippen LogP) is 2.08. The number of fused-ring (bicyclic) bond motifs is 1. The molecule has 0 aliphatic carbocycles. The minimum absolute atomic E-state index is 0.0366. The Bertz CT molecular complexity index is 289. The SMILES string of the molecule is CC1(C)[N]CCc2ccccc21. The highest BCUT2D eigenvalue weighted by Crippen LogP contribution is 2.28. The van der Waals surface area contributed by atoms with Crippen LogP contribution in [0, 0.1) is 0 Å². The van der Waals surface area contributed by atoms with Gasteiger partial charge >= 0.3 is 0 Å². The summed E-state index contributed by atoms with van der Waals surface area (Å²) in [6.45, 7) is 5.35. The predicted molar refractivity (Wildman–Crippen MR) is 50.2 cm³/mol. The summed E-state index contributed by atoms with van der Waals surface area (Å²) in [7, 11) is 0. The Labute approximate surface area is 73.8 Å². The summed E-state index contributed by atoms with van der Waals surface area (Å²) in [5, 5.41) is 4.60. The van der Waals surface area contributed by atoms with Crippen molar-refractivity contribution in [1.82, 2.24) is 5.32 Å². The average molecular weight is 160 g/mol. The van der Waals surface area contributed by atoms with Gasteiger partial charge in [-0.25, -0.2) is 5.32 Å². The first-order valence-corrected chi connectivity index (χ1v) is 4.47. The Balaban J connectivity index is 2.52. The van der Waals surface area contributed by atoms with Crippen molar-refractivity contribution in [2.24, 2.45) is 0 Å². The van der Waals surface area contributed by atoms with Gasteiger partial charge in [0, 0.05) is 6.54 Å². The van der Waals surface area contributed by atoms with Crippen LogP contribution in [-0.2, 0) is 12.0 Å². The van der Waals surface area contributed by atoms with E-state index in [9.17, 15) is 0 Å². The van der Waals surface area contributed by atoms with E-state index in [1.54, 1.807) is 0 Å². The van der Waals surface area contributed by atoms with Crippen molar-refractivity contribution in [3.63, 3.8) is 0 Å². The lowest BCUT2D eigenvalue weighted by Gasteiger charge is -2.31. The molecule has 0 atom stereocenters. The summed E-state index contributed by atoms with van der Waals surface area (Å²) in [6.07, 6.45) is 1.11. The van der Waals surface area contributed by atoms with E-state index in [1.165, 1.54) is 11.1 Å². The van der Waals surface area contributed by atoms with Gasteiger partial charge in [0.25, 0.3) is 0 Å². The third-order valence-electron chi connectivity index (χ3n) is 2.56. The molecule has 0 aromatic heterocycles. The topological polar surface area (TPSA) is 14.1 Å². The van der Waals surface area contributed by atoms with E-state index in [4.69, 9.17) is 0 Å². The van der Waals surface area contributed by atoms with E-state index in [2.05, 4.69) is 43.4 Å². The first kappa shape index (κ1) is 7.81. The van der Waals surface area contributed by atoms with Gasteiger partial charge < -0.3 is 0 Å². The Hall–Kier alpha value is -0.820. The van der Waals surface area contributed by atoms with Gasteiger partial charge in [-0.15, -0.1) is 0 Å². The second kappa shape index (κ2) is 2.60. The number of hydrogen-bond donors (Lipinski definition) is 0. The number of rotatable bonds is 0. The van der Waals surface area contributed by atoms with Crippen LogP contribution in [0.4, 0.5) is 0 Å². The molecule has 0 spiro atoms. The largest absolute Gasteiger partial charge is 0.231 e. The van der Waals surface area contributed by atoms with Gasteiger partial charge in [-0.05, 0) is 31.4 Å². The van der Waals surface area contributed by atoms with E-state index >= 15 is 0 Å². The molecule has 1 radical (unpaired) electrons. The van der Waals surface area contributed by atoms with Gasteiger partial charge in [-0.1, -0.05) is 24.3 Å². The molecule has 12 heavy (non-hydrogen) atoms. The van der Waals surface area contributed by atoms with Crippen molar-refractivity contribution in [2.45, 2.75) is 25.8 Å². The fourth-order valence-corrected chi connectivity index (χ4v) is 1.88. The lowest BCUT2D eigenvalue weighted by molar-refractivity contribution is 0.372. The molecule has 0 amide bonds. The lowest BCUT2D eigenvalue weighted by atomic mass is 9.85. The lowest BCUT2D eigenvalue weighted by Crippen LogP contribution is -2.36. The molecule has 1 aliphatic rings. The highest BCUT2D eigenvalue weighted by molar-refractivity contribution is 5.34. The maximum absolute atomic E-state index is 4.60. The number of nitrogens with zero attached hydrogens (tertiary/aromatic N) is 1. The van der Waals surface area contributed by atoms with Crippen molar-refractivity contribution in [3.05, 3.63) is 35.4 Å². The van der Waals surface area contributed by atoms with Crippen molar-refractivity contribution >= 4 is 0 Å². The monoisotopic (exact) mass is 160 g/mol. The minimum atomic E-state index is 0.0366. The Kier molecular flexibility index (Phi) is 1.69. The first-order chi connectivity index (χ1) is 5.70. The molecule has 1 heteroatoms. The molecule has 2 rings (SSSR count). The van der Waals surface area contributed by atoms with Crippen LogP contribution in [0.2, 0.25) is 0 Å². The third-order valence-corrected chi connectivity index (χ3v) is 2.56. The van der Waals surface area contributed by atoms with Crippen LogP contribution >= 0.6 is 0 Å². The van der Waals surface area contributed by atoms with Crippen molar-refractivity contribution < 1.29 is 0 Å². The maximum atomic E-state index is 4.60. The highest BCUT2D eigenvalue weighted by Gasteiger charge is 2.26. The molecular weight excluding hydrogens is 146 g/mol. The summed E-state index contributed by atoms with van der Waals surface area (Å²) in [5.41, 5.74) is 2.91. The summed E-state index contributed by atoms with van der Waals surface area (Å²) in [4.78, 5) is 0. The second-order valence-electron chi connectivity index (χ2n) is 3.85. The molecular formula is C11H14N. The van der Waals surface area contributed by atoms with E-state index < -0.39 is 0 Å². The van der Waals surface area contributed by atoms with Crippen LogP contribution in [0.3, 0.4) is 0 Å². The van der Waals surface area contributed by atoms with Crippen LogP contribution in [0.25, 0.3) is 0 Å². The molecule has 0 N–H and O–H groups in total. The standard InChI is InChI=1S/C11H14N/c1-11(2)10-6-4-3-5-9(10)7-8-12-11/h3-6H,7-8H2,1-2H3. The van der Waals surface area contributed by atoms with Gasteiger partial charge in [0.2, 0.25) is 0 Å². The molecule has 0 saturated carbocycles. The molecule has 1 aromatic carbocycles. The summed E-state index contributed by atoms with van der Waals surface area (Å²) >= 11 is 0. The molecule has 0 bridgehead atoms. The molecule has 63 valence electrons. The van der Waals surface area contributed by atoms with E-state index in [0.717, 1.165) is 13.0 Å². The van der Waals surface area contributed by atoms with Gasteiger partial charge in [0.15, 0.2) is 0 Å². The zero-order chi connectivity index (χ0) is 8.60. The summed E-state index contributed by atoms with van der Waals surface area (Å²) in [5.74, 6) is 0. The number of hydrogen-bond acceptors (Lipinski definition) is 0. The molecule has 1 aromatic rings. The molecule has 1 aliphatic heterocycles. The van der Waals surface area contributed by atoms with Crippen molar-refractivity contribution in [3.8, 4) is 0 Å². The fourth-order valence-electron chi connectivity index (χ4n) is 1.88. The quantitative estimate of drug-likeness (QED) is 0.551. The van der Waals surface area contributed by atoms with E-state index in [1.807, 2.05) is 0 Å². The molecule has 0 fully saturated rings. The van der Waals surface area contributed by atoms with Crippen LogP contribution in [0.1, 0.15) is 25.0 Å². The Morgan fingerprint density at radius 3 is 2.75 bits per heavy atom. The van der Waals surface area contributed by atoms with Crippen LogP contribution < -0.4 is 5.32 Å². The smallest absolute Gasteiger partial charge is 0.0551 e. The van der Waals surface area contributed by atoms with E-state index in [0.29, 0.717) is 0 Å². The minimum Gasteiger partial charge on any atom is -0.231 e. The number of benzene rings is 1. The Morgan fingerprint density at radius 1 is 1.25 bits per heavy atom. The van der Waals surface area contributed by atoms with Crippen LogP contribution in [-0.4, -0.2) is 6.54 Å². The third kappa shape index (κ3) is 1.14. The maximum Gasteiger partial charge on any atom is 0.0551 e. The van der Waals surface area contributed by atoms with Gasteiger partial charge in [0.1, 0.15) is 0 Å². The van der Waals surface area contributed by atoms with Gasteiger partial charge in [-0.3, -0.25) is 0 Å². The molecule has 0 saturated heterocycles. The average Bonchev–Trinajstić information content (AvgIpc) is 2.04. The normalized spacial score (nSPS) is 20.2. The highest BCUT2D eigenvalue weighted by atomic mass is 15.0. The Morgan fingerprint density at radius 2 is 2.00 bits per heavy atom. The van der Waals surface area contributed by atoms with Gasteiger partial charge in [0.05, 0.1) is 5.54 Å². The summed E-state index contributed by atoms with van der Waals surface area (Å²) < 4.78 is 0. The van der Waals surface area contributed by atoms with Crippen LogP contribution in [0.15, 0.2) is 24.3 Å². The zero-order valence-electron chi connectivity index (χ0n) is 7.67. The molecule has 1 nitrogen and oxygen atoms in total. The zero-order valence-corrected chi connectivity index (χ0v) is 7.67. The summed E-state index contributed by atoms with van der Waals surface area (Å²) in [6, 6.07) is 8.62. The van der Waals surface area contributed by atoms with Crippen LogP contribution in [0.5, 0.6) is 0 Å².